The van der Waals surface area contributed by atoms with Crippen molar-refractivity contribution in [3.8, 4) is 6.07 Å². The first-order chi connectivity index (χ1) is 7.31. The molecule has 4 heteroatoms. The summed E-state index contributed by atoms with van der Waals surface area (Å²) in [5, 5.41) is 16.5. The van der Waals surface area contributed by atoms with E-state index in [9.17, 15) is 0 Å². The van der Waals surface area contributed by atoms with E-state index in [1.54, 1.807) is 4.68 Å². The lowest BCUT2D eigenvalue weighted by Gasteiger charge is -2.13. The summed E-state index contributed by atoms with van der Waals surface area (Å²) in [6, 6.07) is 2.03. The minimum atomic E-state index is 0.422. The second kappa shape index (κ2) is 4.09. The van der Waals surface area contributed by atoms with E-state index in [0.717, 1.165) is 18.7 Å². The summed E-state index contributed by atoms with van der Waals surface area (Å²) in [6.45, 7) is 2.67. The lowest BCUT2D eigenvalue weighted by atomic mass is 10.0. The van der Waals surface area contributed by atoms with Gasteiger partial charge in [0.05, 0.1) is 5.69 Å². The van der Waals surface area contributed by atoms with Gasteiger partial charge in [0.2, 0.25) is 0 Å². The SMILES string of the molecule is Cc1c(C#N)nnn1CC1C=CC=CC1. The fourth-order valence-electron chi connectivity index (χ4n) is 1.63. The standard InChI is InChI=1S/C11H12N4/c1-9-11(7-12)13-14-15(9)8-10-5-3-2-4-6-10/h2-5,10H,6,8H2,1H3. The van der Waals surface area contributed by atoms with Crippen LogP contribution in [0.5, 0.6) is 0 Å². The van der Waals surface area contributed by atoms with Crippen molar-refractivity contribution in [3.63, 3.8) is 0 Å². The number of allylic oxidation sites excluding steroid dienone is 4. The van der Waals surface area contributed by atoms with Crippen LogP contribution in [-0.4, -0.2) is 15.0 Å². The van der Waals surface area contributed by atoms with Gasteiger partial charge in [-0.25, -0.2) is 4.68 Å². The molecule has 0 bridgehead atoms. The largest absolute Gasteiger partial charge is 0.248 e. The van der Waals surface area contributed by atoms with Gasteiger partial charge in [0.25, 0.3) is 0 Å². The van der Waals surface area contributed by atoms with Gasteiger partial charge in [-0.05, 0) is 13.3 Å². The molecule has 1 heterocycles. The molecule has 0 saturated carbocycles. The van der Waals surface area contributed by atoms with Crippen LogP contribution in [0.15, 0.2) is 24.3 Å². The summed E-state index contributed by atoms with van der Waals surface area (Å²) < 4.78 is 1.80. The second-order valence-corrected chi connectivity index (χ2v) is 3.63. The Morgan fingerprint density at radius 2 is 2.47 bits per heavy atom. The third-order valence-electron chi connectivity index (χ3n) is 2.57. The van der Waals surface area contributed by atoms with E-state index in [1.807, 2.05) is 25.1 Å². The minimum Gasteiger partial charge on any atom is -0.248 e. The van der Waals surface area contributed by atoms with Crippen LogP contribution >= 0.6 is 0 Å². The first-order valence-electron chi connectivity index (χ1n) is 4.95. The first kappa shape index (κ1) is 9.66. The number of nitrogens with zero attached hydrogens (tertiary/aromatic N) is 4. The van der Waals surface area contributed by atoms with Crippen molar-refractivity contribution in [2.75, 3.05) is 0 Å². The molecule has 1 atom stereocenters. The molecule has 0 spiro atoms. The van der Waals surface area contributed by atoms with Crippen molar-refractivity contribution in [3.05, 3.63) is 35.7 Å². The zero-order valence-electron chi connectivity index (χ0n) is 8.59. The molecule has 0 aliphatic heterocycles. The van der Waals surface area contributed by atoms with Crippen LogP contribution in [0.4, 0.5) is 0 Å². The van der Waals surface area contributed by atoms with E-state index in [0.29, 0.717) is 11.6 Å². The van der Waals surface area contributed by atoms with Crippen LogP contribution in [0.1, 0.15) is 17.8 Å². The van der Waals surface area contributed by atoms with Crippen molar-refractivity contribution in [2.45, 2.75) is 19.9 Å². The topological polar surface area (TPSA) is 54.5 Å². The molecule has 0 amide bonds. The van der Waals surface area contributed by atoms with Gasteiger partial charge in [0, 0.05) is 12.5 Å². The molecule has 1 aliphatic rings. The van der Waals surface area contributed by atoms with Crippen LogP contribution in [0.3, 0.4) is 0 Å². The maximum Gasteiger partial charge on any atom is 0.185 e. The highest BCUT2D eigenvalue weighted by molar-refractivity contribution is 5.23. The molecule has 15 heavy (non-hydrogen) atoms. The summed E-state index contributed by atoms with van der Waals surface area (Å²) in [7, 11) is 0. The van der Waals surface area contributed by atoms with Gasteiger partial charge in [-0.2, -0.15) is 5.26 Å². The van der Waals surface area contributed by atoms with Crippen molar-refractivity contribution in [2.24, 2.45) is 5.92 Å². The molecular weight excluding hydrogens is 188 g/mol. The fraction of sp³-hybridized carbons (Fsp3) is 0.364. The van der Waals surface area contributed by atoms with Crippen LogP contribution in [0.25, 0.3) is 0 Å². The Morgan fingerprint density at radius 3 is 3.07 bits per heavy atom. The fourth-order valence-corrected chi connectivity index (χ4v) is 1.63. The van der Waals surface area contributed by atoms with Crippen molar-refractivity contribution in [1.82, 2.24) is 15.0 Å². The Labute approximate surface area is 88.5 Å². The van der Waals surface area contributed by atoms with E-state index >= 15 is 0 Å². The summed E-state index contributed by atoms with van der Waals surface area (Å²) in [4.78, 5) is 0. The molecule has 0 saturated heterocycles. The van der Waals surface area contributed by atoms with Gasteiger partial charge < -0.3 is 0 Å². The van der Waals surface area contributed by atoms with E-state index < -0.39 is 0 Å². The lowest BCUT2D eigenvalue weighted by molar-refractivity contribution is 0.471. The van der Waals surface area contributed by atoms with Gasteiger partial charge in [0.1, 0.15) is 6.07 Å². The molecule has 0 N–H and O–H groups in total. The van der Waals surface area contributed by atoms with E-state index in [2.05, 4.69) is 22.5 Å². The third-order valence-corrected chi connectivity index (χ3v) is 2.57. The summed E-state index contributed by atoms with van der Waals surface area (Å²) in [6.07, 6.45) is 9.42. The van der Waals surface area contributed by atoms with Crippen molar-refractivity contribution < 1.29 is 0 Å². The Bertz CT molecular complexity index is 448. The molecule has 1 unspecified atom stereocenters. The summed E-state index contributed by atoms with van der Waals surface area (Å²) in [5.74, 6) is 0.460. The van der Waals surface area contributed by atoms with Gasteiger partial charge in [-0.3, -0.25) is 0 Å². The maximum atomic E-state index is 8.75. The second-order valence-electron chi connectivity index (χ2n) is 3.63. The third kappa shape index (κ3) is 1.96. The highest BCUT2D eigenvalue weighted by atomic mass is 15.4. The quantitative estimate of drug-likeness (QED) is 0.728. The first-order valence-corrected chi connectivity index (χ1v) is 4.95. The number of hydrogen-bond donors (Lipinski definition) is 0. The number of rotatable bonds is 2. The van der Waals surface area contributed by atoms with E-state index in [4.69, 9.17) is 5.26 Å². The average molecular weight is 200 g/mol. The average Bonchev–Trinajstić information content (AvgIpc) is 2.62. The van der Waals surface area contributed by atoms with E-state index in [1.165, 1.54) is 0 Å². The Hall–Kier alpha value is -1.89. The molecule has 0 aromatic carbocycles. The van der Waals surface area contributed by atoms with Gasteiger partial charge in [0.15, 0.2) is 5.69 Å². The minimum absolute atomic E-state index is 0.422. The molecule has 1 aromatic heterocycles. The molecule has 1 aliphatic carbocycles. The van der Waals surface area contributed by atoms with Crippen molar-refractivity contribution in [1.29, 1.82) is 5.26 Å². The summed E-state index contributed by atoms with van der Waals surface area (Å²) in [5.41, 5.74) is 1.27. The van der Waals surface area contributed by atoms with Crippen LogP contribution in [0, 0.1) is 24.2 Å². The monoisotopic (exact) mass is 200 g/mol. The van der Waals surface area contributed by atoms with Crippen LogP contribution in [0.2, 0.25) is 0 Å². The maximum absolute atomic E-state index is 8.75. The molecule has 4 nitrogen and oxygen atoms in total. The van der Waals surface area contributed by atoms with Gasteiger partial charge >= 0.3 is 0 Å². The Balaban J connectivity index is 2.11. The predicted octanol–water partition coefficient (Wildman–Crippen LogP) is 1.59. The molecule has 1 aromatic rings. The normalized spacial score (nSPS) is 19.1. The Kier molecular flexibility index (Phi) is 2.64. The molecule has 0 fully saturated rings. The predicted molar refractivity (Wildman–Crippen MR) is 55.9 cm³/mol. The molecule has 76 valence electrons. The van der Waals surface area contributed by atoms with Gasteiger partial charge in [-0.1, -0.05) is 29.5 Å². The highest BCUT2D eigenvalue weighted by Crippen LogP contribution is 2.14. The van der Waals surface area contributed by atoms with Gasteiger partial charge in [-0.15, -0.1) is 5.10 Å². The molecule has 2 rings (SSSR count). The smallest absolute Gasteiger partial charge is 0.185 e. The lowest BCUT2D eigenvalue weighted by Crippen LogP contribution is -2.12. The summed E-state index contributed by atoms with van der Waals surface area (Å²) >= 11 is 0. The van der Waals surface area contributed by atoms with Crippen molar-refractivity contribution >= 4 is 0 Å². The van der Waals surface area contributed by atoms with Crippen LogP contribution in [-0.2, 0) is 6.54 Å². The molecular formula is C11H12N4. The molecule has 0 radical (unpaired) electrons. The zero-order valence-corrected chi connectivity index (χ0v) is 8.59. The van der Waals surface area contributed by atoms with Crippen LogP contribution < -0.4 is 0 Å². The van der Waals surface area contributed by atoms with E-state index in [-0.39, 0.29) is 0 Å². The highest BCUT2D eigenvalue weighted by Gasteiger charge is 2.11. The number of aromatic nitrogens is 3. The number of hydrogen-bond acceptors (Lipinski definition) is 3. The Morgan fingerprint density at radius 1 is 1.60 bits per heavy atom. The zero-order chi connectivity index (χ0) is 10.7. The number of nitriles is 1.